The summed E-state index contributed by atoms with van der Waals surface area (Å²) in [6.45, 7) is 22.7. The zero-order valence-corrected chi connectivity index (χ0v) is 39.0. The lowest BCUT2D eigenvalue weighted by atomic mass is 10.1. The lowest BCUT2D eigenvalue weighted by molar-refractivity contribution is 0.548. The minimum absolute atomic E-state index is 1.36. The molecule has 0 heteroatoms. The maximum absolute atomic E-state index is 2.29. The molecule has 0 bridgehead atoms. The molecule has 0 spiro atoms. The van der Waals surface area contributed by atoms with E-state index in [9.17, 15) is 0 Å². The fourth-order valence-electron chi connectivity index (χ4n) is 6.21. The van der Waals surface area contributed by atoms with Gasteiger partial charge in [-0.15, -0.1) is 0 Å². The van der Waals surface area contributed by atoms with Gasteiger partial charge >= 0.3 is 0 Å². The maximum Gasteiger partial charge on any atom is -0.0533 e. The topological polar surface area (TPSA) is 0 Å². The Morgan fingerprint density at radius 2 is 0.157 bits per heavy atom. The van der Waals surface area contributed by atoms with Crippen molar-refractivity contribution >= 4 is 0 Å². The normalized spacial score (nSPS) is 10.2. The van der Waals surface area contributed by atoms with Crippen molar-refractivity contribution in [2.24, 2.45) is 0 Å². The zero-order chi connectivity index (χ0) is 39.0. The average molecular weight is 725 g/mol. The average Bonchev–Trinajstić information content (AvgIpc) is 3.15. The van der Waals surface area contributed by atoms with Crippen LogP contribution in [0.3, 0.4) is 0 Å². The van der Waals surface area contributed by atoms with Crippen molar-refractivity contribution in [1.29, 1.82) is 0 Å². The number of rotatable bonds is 36. The summed E-state index contributed by atoms with van der Waals surface area (Å²) in [5, 5.41) is 0. The molecular formula is C51H112. The van der Waals surface area contributed by atoms with Gasteiger partial charge in [0.2, 0.25) is 0 Å². The molecule has 0 aromatic heterocycles. The van der Waals surface area contributed by atoms with Gasteiger partial charge in [-0.1, -0.05) is 332 Å². The largest absolute Gasteiger partial charge is 0.0654 e. The van der Waals surface area contributed by atoms with Crippen LogP contribution in [-0.2, 0) is 0 Å². The first-order valence-corrected chi connectivity index (χ1v) is 25.1. The molecule has 0 aromatic rings. The fourth-order valence-corrected chi connectivity index (χ4v) is 6.21. The Bertz CT molecular complexity index is 399. The van der Waals surface area contributed by atoms with Crippen LogP contribution < -0.4 is 0 Å². The molecule has 0 aromatic carbocycles. The van der Waals surface area contributed by atoms with Crippen LogP contribution in [0.4, 0.5) is 0 Å². The van der Waals surface area contributed by atoms with Crippen LogP contribution in [0.25, 0.3) is 0 Å². The van der Waals surface area contributed by atoms with E-state index < -0.39 is 0 Å². The Balaban J connectivity index is -0.000000177. The van der Waals surface area contributed by atoms with Gasteiger partial charge < -0.3 is 0 Å². The summed E-state index contributed by atoms with van der Waals surface area (Å²) in [7, 11) is 0. The molecule has 51 heavy (non-hydrogen) atoms. The van der Waals surface area contributed by atoms with Crippen LogP contribution in [0.15, 0.2) is 0 Å². The van der Waals surface area contributed by atoms with Crippen LogP contribution in [-0.4, -0.2) is 0 Å². The summed E-state index contributed by atoms with van der Waals surface area (Å²) in [6, 6.07) is 0. The highest BCUT2D eigenvalue weighted by Gasteiger charge is 1.93. The van der Waals surface area contributed by atoms with Gasteiger partial charge in [0.1, 0.15) is 0 Å². The van der Waals surface area contributed by atoms with Crippen molar-refractivity contribution in [2.45, 2.75) is 332 Å². The third kappa shape index (κ3) is 88.9. The third-order valence-corrected chi connectivity index (χ3v) is 10.0. The second kappa shape index (κ2) is 71.4. The summed E-state index contributed by atoms with van der Waals surface area (Å²) in [5.74, 6) is 0. The first-order valence-electron chi connectivity index (χ1n) is 25.1. The smallest absolute Gasteiger partial charge is 0.0533 e. The molecule has 0 N–H and O–H groups in total. The lowest BCUT2D eigenvalue weighted by Gasteiger charge is -2.01. The van der Waals surface area contributed by atoms with Crippen molar-refractivity contribution in [2.75, 3.05) is 0 Å². The molecule has 0 fully saturated rings. The second-order valence-electron chi connectivity index (χ2n) is 16.0. The Morgan fingerprint density at radius 1 is 0.0980 bits per heavy atom. The van der Waals surface area contributed by atoms with Crippen molar-refractivity contribution in [1.82, 2.24) is 0 Å². The van der Waals surface area contributed by atoms with E-state index in [1.807, 2.05) is 0 Å². The van der Waals surface area contributed by atoms with Crippen molar-refractivity contribution < 1.29 is 0 Å². The summed E-state index contributed by atoms with van der Waals surface area (Å²) in [5.41, 5.74) is 0. The molecule has 316 valence electrons. The molecule has 0 heterocycles. The highest BCUT2D eigenvalue weighted by molar-refractivity contribution is 4.48. The zero-order valence-electron chi connectivity index (χ0n) is 39.0. The lowest BCUT2D eigenvalue weighted by Crippen LogP contribution is -1.81. The summed E-state index contributed by atoms with van der Waals surface area (Å²) in [6.07, 6.45) is 58.8. The summed E-state index contributed by atoms with van der Waals surface area (Å²) in [4.78, 5) is 0. The molecule has 0 amide bonds. The van der Waals surface area contributed by atoms with Crippen molar-refractivity contribution in [3.05, 3.63) is 0 Å². The molecular weight excluding hydrogens is 613 g/mol. The third-order valence-electron chi connectivity index (χ3n) is 10.0. The minimum Gasteiger partial charge on any atom is -0.0654 e. The van der Waals surface area contributed by atoms with E-state index in [1.54, 1.807) is 0 Å². The standard InChI is InChI=1S/C14H30.C12H26.C10H22.C8H18.C7H16/c1-3-5-7-9-11-13-14-12-10-8-6-4-2;1-3-5-7-9-11-12-10-8-6-4-2;1-3-5-7-9-10-8-6-4-2;1-3-5-7-8-6-4-2;1-3-5-7-6-4-2/h3-14H2,1-2H3;3-12H2,1-2H3;3-10H2,1-2H3;3-8H2,1-2H3;3-7H2,1-2H3. The van der Waals surface area contributed by atoms with Gasteiger partial charge in [0.15, 0.2) is 0 Å². The molecule has 0 saturated carbocycles. The van der Waals surface area contributed by atoms with E-state index in [4.69, 9.17) is 0 Å². The van der Waals surface area contributed by atoms with Gasteiger partial charge in [-0.25, -0.2) is 0 Å². The van der Waals surface area contributed by atoms with Gasteiger partial charge in [0.05, 0.1) is 0 Å². The molecule has 0 saturated heterocycles. The van der Waals surface area contributed by atoms with Crippen LogP contribution in [0.1, 0.15) is 332 Å². The van der Waals surface area contributed by atoms with Crippen LogP contribution in [0, 0.1) is 0 Å². The second-order valence-corrected chi connectivity index (χ2v) is 16.0. The molecule has 0 aliphatic carbocycles. The number of unbranched alkanes of at least 4 members (excludes halogenated alkanes) is 36. The minimum atomic E-state index is 1.36. The van der Waals surface area contributed by atoms with Gasteiger partial charge in [-0.2, -0.15) is 0 Å². The monoisotopic (exact) mass is 725 g/mol. The molecule has 0 radical (unpaired) electrons. The SMILES string of the molecule is CCCCCCC.CCCCCCCC.CCCCCCCCCC.CCCCCCCCCCCC.CCCCCCCCCCCCCC. The van der Waals surface area contributed by atoms with Gasteiger partial charge in [-0.3, -0.25) is 0 Å². The highest BCUT2D eigenvalue weighted by Crippen LogP contribution is 2.12. The van der Waals surface area contributed by atoms with E-state index in [0.29, 0.717) is 0 Å². The summed E-state index contributed by atoms with van der Waals surface area (Å²) >= 11 is 0. The van der Waals surface area contributed by atoms with Crippen molar-refractivity contribution in [3.63, 3.8) is 0 Å². The summed E-state index contributed by atoms with van der Waals surface area (Å²) < 4.78 is 0. The van der Waals surface area contributed by atoms with Crippen LogP contribution >= 0.6 is 0 Å². The predicted octanol–water partition coefficient (Wildman–Crippen LogP) is 21.1. The Hall–Kier alpha value is 0. The highest BCUT2D eigenvalue weighted by atomic mass is 14.0. The molecule has 0 aliphatic heterocycles. The van der Waals surface area contributed by atoms with E-state index in [2.05, 4.69) is 69.2 Å². The Morgan fingerprint density at radius 3 is 0.235 bits per heavy atom. The quantitative estimate of drug-likeness (QED) is 0.0564. The molecule has 0 atom stereocenters. The Kier molecular flexibility index (Phi) is 84.4. The molecule has 0 rings (SSSR count). The number of hydrogen-bond donors (Lipinski definition) is 0. The van der Waals surface area contributed by atoms with Crippen molar-refractivity contribution in [3.8, 4) is 0 Å². The van der Waals surface area contributed by atoms with Gasteiger partial charge in [0, 0.05) is 0 Å². The molecule has 0 aliphatic rings. The van der Waals surface area contributed by atoms with Crippen LogP contribution in [0.2, 0.25) is 0 Å². The molecule has 0 unspecified atom stereocenters. The van der Waals surface area contributed by atoms with Crippen LogP contribution in [0.5, 0.6) is 0 Å². The maximum atomic E-state index is 2.29. The van der Waals surface area contributed by atoms with Gasteiger partial charge in [0.25, 0.3) is 0 Å². The first kappa shape index (κ1) is 60.3. The Labute approximate surface area is 331 Å². The number of hydrogen-bond acceptors (Lipinski definition) is 0. The van der Waals surface area contributed by atoms with E-state index >= 15 is 0 Å². The van der Waals surface area contributed by atoms with E-state index in [0.717, 1.165) is 0 Å². The first-order chi connectivity index (χ1) is 25.1. The van der Waals surface area contributed by atoms with Gasteiger partial charge in [-0.05, 0) is 0 Å². The fraction of sp³-hybridized carbons (Fsp3) is 1.00. The predicted molar refractivity (Wildman–Crippen MR) is 246 cm³/mol. The molecule has 0 nitrogen and oxygen atoms in total. The van der Waals surface area contributed by atoms with E-state index in [1.165, 1.54) is 263 Å². The van der Waals surface area contributed by atoms with E-state index in [-0.39, 0.29) is 0 Å².